The van der Waals surface area contributed by atoms with Crippen LogP contribution in [0.4, 0.5) is 0 Å². The van der Waals surface area contributed by atoms with Gasteiger partial charge < -0.3 is 0 Å². The fraction of sp³-hybridized carbons (Fsp3) is 0.500. The van der Waals surface area contributed by atoms with Gasteiger partial charge >= 0.3 is 0 Å². The van der Waals surface area contributed by atoms with Gasteiger partial charge in [-0.1, -0.05) is 6.07 Å². The molecule has 0 aromatic heterocycles. The lowest BCUT2D eigenvalue weighted by Crippen LogP contribution is -2.37. The predicted molar refractivity (Wildman–Crippen MR) is 72.0 cm³/mol. The topological polar surface area (TPSA) is 37.4 Å². The molecular weight excluding hydrogens is 254 g/mol. The molecule has 5 heteroatoms. The van der Waals surface area contributed by atoms with Gasteiger partial charge in [0.05, 0.1) is 4.90 Å². The molecule has 94 valence electrons. The van der Waals surface area contributed by atoms with Crippen LogP contribution < -0.4 is 0 Å². The summed E-state index contributed by atoms with van der Waals surface area (Å²) >= 11 is 1.81. The Morgan fingerprint density at radius 2 is 1.76 bits per heavy atom. The number of aryl methyl sites for hydroxylation is 2. The first-order valence-corrected chi connectivity index (χ1v) is 8.26. The third-order valence-corrected chi connectivity index (χ3v) is 5.92. The average Bonchev–Trinajstić information content (AvgIpc) is 2.33. The molecular formula is C12H17NO2S2. The maximum absolute atomic E-state index is 12.4. The summed E-state index contributed by atoms with van der Waals surface area (Å²) < 4.78 is 26.3. The molecule has 1 fully saturated rings. The van der Waals surface area contributed by atoms with Crippen molar-refractivity contribution in [3.63, 3.8) is 0 Å². The highest BCUT2D eigenvalue weighted by atomic mass is 32.2. The smallest absolute Gasteiger partial charge is 0.207 e. The van der Waals surface area contributed by atoms with Crippen LogP contribution in [0.1, 0.15) is 11.1 Å². The zero-order chi connectivity index (χ0) is 12.5. The highest BCUT2D eigenvalue weighted by Crippen LogP contribution is 2.21. The van der Waals surface area contributed by atoms with Crippen LogP contribution in [0, 0.1) is 13.8 Å². The molecule has 0 bridgehead atoms. The van der Waals surface area contributed by atoms with E-state index in [1.54, 1.807) is 16.4 Å². The van der Waals surface area contributed by atoms with Crippen molar-refractivity contribution >= 4 is 21.8 Å². The molecule has 0 spiro atoms. The van der Waals surface area contributed by atoms with E-state index >= 15 is 0 Å². The third-order valence-electron chi connectivity index (χ3n) is 3.09. The predicted octanol–water partition coefficient (Wildman–Crippen LogP) is 2.04. The summed E-state index contributed by atoms with van der Waals surface area (Å²) in [6.45, 7) is 5.18. The van der Waals surface area contributed by atoms with Gasteiger partial charge in [0.15, 0.2) is 0 Å². The first kappa shape index (κ1) is 12.9. The van der Waals surface area contributed by atoms with Gasteiger partial charge in [-0.25, -0.2) is 8.42 Å². The molecule has 0 amide bonds. The Morgan fingerprint density at radius 3 is 2.35 bits per heavy atom. The molecule has 0 atom stereocenters. The quantitative estimate of drug-likeness (QED) is 0.826. The number of hydrogen-bond acceptors (Lipinski definition) is 3. The summed E-state index contributed by atoms with van der Waals surface area (Å²) in [5, 5.41) is 0. The van der Waals surface area contributed by atoms with E-state index in [1.165, 1.54) is 0 Å². The van der Waals surface area contributed by atoms with Gasteiger partial charge in [0.1, 0.15) is 0 Å². The highest BCUT2D eigenvalue weighted by molar-refractivity contribution is 7.99. The second-order valence-electron chi connectivity index (χ2n) is 4.26. The largest absolute Gasteiger partial charge is 0.243 e. The van der Waals surface area contributed by atoms with Crippen molar-refractivity contribution in [1.82, 2.24) is 4.31 Å². The Bertz CT molecular complexity index is 505. The SMILES string of the molecule is Cc1ccc(S(=O)(=O)N2CCSCC2)cc1C. The second-order valence-corrected chi connectivity index (χ2v) is 7.43. The van der Waals surface area contributed by atoms with E-state index in [4.69, 9.17) is 0 Å². The molecule has 0 saturated carbocycles. The minimum absolute atomic E-state index is 0.424. The lowest BCUT2D eigenvalue weighted by Gasteiger charge is -2.25. The van der Waals surface area contributed by atoms with Gasteiger partial charge in [-0.05, 0) is 37.1 Å². The molecule has 3 nitrogen and oxygen atoms in total. The van der Waals surface area contributed by atoms with Crippen LogP contribution in [0.5, 0.6) is 0 Å². The number of thioether (sulfide) groups is 1. The van der Waals surface area contributed by atoms with E-state index in [2.05, 4.69) is 0 Å². The van der Waals surface area contributed by atoms with E-state index in [0.29, 0.717) is 18.0 Å². The van der Waals surface area contributed by atoms with Gasteiger partial charge in [-0.3, -0.25) is 0 Å². The minimum atomic E-state index is -3.28. The first-order valence-electron chi connectivity index (χ1n) is 5.67. The van der Waals surface area contributed by atoms with Crippen molar-refractivity contribution in [3.05, 3.63) is 29.3 Å². The van der Waals surface area contributed by atoms with Gasteiger partial charge in [0.2, 0.25) is 10.0 Å². The van der Waals surface area contributed by atoms with Gasteiger partial charge in [-0.2, -0.15) is 16.1 Å². The van der Waals surface area contributed by atoms with Crippen molar-refractivity contribution < 1.29 is 8.42 Å². The van der Waals surface area contributed by atoms with Crippen molar-refractivity contribution in [1.29, 1.82) is 0 Å². The molecule has 0 radical (unpaired) electrons. The number of benzene rings is 1. The van der Waals surface area contributed by atoms with E-state index in [0.717, 1.165) is 22.6 Å². The Kier molecular flexibility index (Phi) is 3.80. The Labute approximate surface area is 107 Å². The van der Waals surface area contributed by atoms with E-state index in [1.807, 2.05) is 31.7 Å². The molecule has 0 N–H and O–H groups in total. The lowest BCUT2D eigenvalue weighted by molar-refractivity contribution is 0.443. The molecule has 17 heavy (non-hydrogen) atoms. The molecule has 1 aromatic rings. The van der Waals surface area contributed by atoms with E-state index in [-0.39, 0.29) is 0 Å². The van der Waals surface area contributed by atoms with Crippen LogP contribution in [-0.2, 0) is 10.0 Å². The molecule has 1 aliphatic rings. The van der Waals surface area contributed by atoms with Crippen LogP contribution in [0.25, 0.3) is 0 Å². The molecule has 2 rings (SSSR count). The summed E-state index contributed by atoms with van der Waals surface area (Å²) in [5.74, 6) is 1.79. The van der Waals surface area contributed by atoms with Gasteiger partial charge in [0, 0.05) is 24.6 Å². The van der Waals surface area contributed by atoms with Crippen molar-refractivity contribution in [3.8, 4) is 0 Å². The Morgan fingerprint density at radius 1 is 1.12 bits per heavy atom. The van der Waals surface area contributed by atoms with Gasteiger partial charge in [0.25, 0.3) is 0 Å². The first-order chi connectivity index (χ1) is 8.01. The standard InChI is InChI=1S/C12H17NO2S2/c1-10-3-4-12(9-11(10)2)17(14,15)13-5-7-16-8-6-13/h3-4,9H,5-8H2,1-2H3. The monoisotopic (exact) mass is 271 g/mol. The van der Waals surface area contributed by atoms with E-state index in [9.17, 15) is 8.42 Å². The Hall–Kier alpha value is -0.520. The van der Waals surface area contributed by atoms with Crippen LogP contribution in [0.15, 0.2) is 23.1 Å². The molecule has 1 aliphatic heterocycles. The molecule has 1 heterocycles. The van der Waals surface area contributed by atoms with Crippen molar-refractivity contribution in [2.75, 3.05) is 24.6 Å². The third kappa shape index (κ3) is 2.67. The lowest BCUT2D eigenvalue weighted by atomic mass is 10.1. The Balaban J connectivity index is 2.33. The number of hydrogen-bond donors (Lipinski definition) is 0. The van der Waals surface area contributed by atoms with Gasteiger partial charge in [-0.15, -0.1) is 0 Å². The normalized spacial score (nSPS) is 18.2. The van der Waals surface area contributed by atoms with Crippen LogP contribution >= 0.6 is 11.8 Å². The maximum atomic E-state index is 12.4. The molecule has 1 saturated heterocycles. The summed E-state index contributed by atoms with van der Waals surface area (Å²) in [6.07, 6.45) is 0. The average molecular weight is 271 g/mol. The molecule has 1 aromatic carbocycles. The molecule has 0 aliphatic carbocycles. The van der Waals surface area contributed by atoms with Crippen LogP contribution in [0.2, 0.25) is 0 Å². The fourth-order valence-electron chi connectivity index (χ4n) is 1.81. The number of rotatable bonds is 2. The molecule has 0 unspecified atom stereocenters. The van der Waals surface area contributed by atoms with Crippen molar-refractivity contribution in [2.24, 2.45) is 0 Å². The van der Waals surface area contributed by atoms with Crippen molar-refractivity contribution in [2.45, 2.75) is 18.7 Å². The summed E-state index contributed by atoms with van der Waals surface area (Å²) in [7, 11) is -3.28. The summed E-state index contributed by atoms with van der Waals surface area (Å²) in [5.41, 5.74) is 2.15. The second kappa shape index (κ2) is 5.00. The zero-order valence-corrected chi connectivity index (χ0v) is 11.8. The fourth-order valence-corrected chi connectivity index (χ4v) is 4.47. The number of sulfonamides is 1. The zero-order valence-electron chi connectivity index (χ0n) is 10.1. The van der Waals surface area contributed by atoms with Crippen LogP contribution in [-0.4, -0.2) is 37.3 Å². The van der Waals surface area contributed by atoms with E-state index < -0.39 is 10.0 Å². The number of nitrogens with zero attached hydrogens (tertiary/aromatic N) is 1. The van der Waals surface area contributed by atoms with Crippen LogP contribution in [0.3, 0.4) is 0 Å². The highest BCUT2D eigenvalue weighted by Gasteiger charge is 2.26. The maximum Gasteiger partial charge on any atom is 0.243 e. The summed E-state index contributed by atoms with van der Waals surface area (Å²) in [6, 6.07) is 5.35. The minimum Gasteiger partial charge on any atom is -0.207 e. The summed E-state index contributed by atoms with van der Waals surface area (Å²) in [4.78, 5) is 0.424.